The van der Waals surface area contributed by atoms with E-state index >= 15 is 0 Å². The Morgan fingerprint density at radius 1 is 1.21 bits per heavy atom. The highest BCUT2D eigenvalue weighted by atomic mass is 16.5. The van der Waals surface area contributed by atoms with Crippen LogP contribution in [0.15, 0.2) is 0 Å². The summed E-state index contributed by atoms with van der Waals surface area (Å²) in [5.41, 5.74) is -0.845. The SMILES string of the molecule is CCOC(=O)C(CC)(CC)CC(=O)O. The van der Waals surface area contributed by atoms with Gasteiger partial charge in [-0.2, -0.15) is 0 Å². The maximum Gasteiger partial charge on any atom is 0.312 e. The van der Waals surface area contributed by atoms with Gasteiger partial charge in [-0.3, -0.25) is 9.59 Å². The third kappa shape index (κ3) is 3.01. The Morgan fingerprint density at radius 3 is 2.00 bits per heavy atom. The molecule has 4 heteroatoms. The smallest absolute Gasteiger partial charge is 0.312 e. The van der Waals surface area contributed by atoms with E-state index in [4.69, 9.17) is 9.84 Å². The Morgan fingerprint density at radius 2 is 1.71 bits per heavy atom. The molecule has 0 fully saturated rings. The van der Waals surface area contributed by atoms with E-state index in [1.54, 1.807) is 6.92 Å². The average Bonchev–Trinajstić information content (AvgIpc) is 2.14. The van der Waals surface area contributed by atoms with Crippen molar-refractivity contribution in [2.75, 3.05) is 6.61 Å². The van der Waals surface area contributed by atoms with E-state index in [1.807, 2.05) is 13.8 Å². The molecule has 0 bridgehead atoms. The van der Waals surface area contributed by atoms with Crippen LogP contribution in [0.1, 0.15) is 40.0 Å². The Labute approximate surface area is 84.3 Å². The van der Waals surface area contributed by atoms with Crippen LogP contribution in [0.25, 0.3) is 0 Å². The molecular weight excluding hydrogens is 184 g/mol. The van der Waals surface area contributed by atoms with Gasteiger partial charge < -0.3 is 9.84 Å². The number of esters is 1. The lowest BCUT2D eigenvalue weighted by molar-refractivity contribution is -0.161. The lowest BCUT2D eigenvalue weighted by Gasteiger charge is -2.26. The maximum atomic E-state index is 11.6. The van der Waals surface area contributed by atoms with Gasteiger partial charge in [0, 0.05) is 0 Å². The number of carbonyl (C=O) groups excluding carboxylic acids is 1. The summed E-state index contributed by atoms with van der Waals surface area (Å²) >= 11 is 0. The molecule has 0 aliphatic heterocycles. The molecular formula is C10H18O4. The Balaban J connectivity index is 4.67. The van der Waals surface area contributed by atoms with Crippen molar-refractivity contribution in [2.45, 2.75) is 40.0 Å². The number of rotatable bonds is 6. The first-order valence-corrected chi connectivity index (χ1v) is 4.91. The summed E-state index contributed by atoms with van der Waals surface area (Å²) in [5.74, 6) is -1.35. The zero-order valence-corrected chi connectivity index (χ0v) is 9.00. The molecule has 0 atom stereocenters. The van der Waals surface area contributed by atoms with Crippen LogP contribution < -0.4 is 0 Å². The molecule has 0 aliphatic rings. The van der Waals surface area contributed by atoms with E-state index in [0.717, 1.165) is 0 Å². The minimum absolute atomic E-state index is 0.154. The predicted molar refractivity (Wildman–Crippen MR) is 51.9 cm³/mol. The Hall–Kier alpha value is -1.06. The molecule has 14 heavy (non-hydrogen) atoms. The summed E-state index contributed by atoms with van der Waals surface area (Å²) in [6.45, 7) is 5.63. The Kier molecular flexibility index (Phi) is 5.20. The van der Waals surface area contributed by atoms with Gasteiger partial charge in [-0.1, -0.05) is 13.8 Å². The quantitative estimate of drug-likeness (QED) is 0.667. The van der Waals surface area contributed by atoms with Gasteiger partial charge >= 0.3 is 11.9 Å². The van der Waals surface area contributed by atoms with Crippen molar-refractivity contribution in [3.8, 4) is 0 Å². The highest BCUT2D eigenvalue weighted by Gasteiger charge is 2.38. The molecule has 82 valence electrons. The first kappa shape index (κ1) is 12.9. The molecule has 0 aromatic carbocycles. The molecule has 0 spiro atoms. The van der Waals surface area contributed by atoms with Crippen LogP contribution in [0.4, 0.5) is 0 Å². The minimum atomic E-state index is -0.957. The second-order valence-electron chi connectivity index (χ2n) is 3.28. The molecule has 0 rings (SSSR count). The molecule has 0 unspecified atom stereocenters. The van der Waals surface area contributed by atoms with Gasteiger partial charge in [-0.25, -0.2) is 0 Å². The fourth-order valence-electron chi connectivity index (χ4n) is 1.43. The fourth-order valence-corrected chi connectivity index (χ4v) is 1.43. The summed E-state index contributed by atoms with van der Waals surface area (Å²) in [4.78, 5) is 22.2. The van der Waals surface area contributed by atoms with Crippen molar-refractivity contribution in [3.63, 3.8) is 0 Å². The molecule has 0 saturated heterocycles. The molecule has 4 nitrogen and oxygen atoms in total. The van der Waals surface area contributed by atoms with Crippen LogP contribution in [0.5, 0.6) is 0 Å². The number of aliphatic carboxylic acids is 1. The second kappa shape index (κ2) is 5.62. The van der Waals surface area contributed by atoms with Crippen molar-refractivity contribution in [1.82, 2.24) is 0 Å². The molecule has 0 aromatic rings. The van der Waals surface area contributed by atoms with Gasteiger partial charge in [0.2, 0.25) is 0 Å². The van der Waals surface area contributed by atoms with Crippen LogP contribution in [0.3, 0.4) is 0 Å². The van der Waals surface area contributed by atoms with E-state index in [-0.39, 0.29) is 6.42 Å². The van der Waals surface area contributed by atoms with E-state index in [2.05, 4.69) is 0 Å². The summed E-state index contributed by atoms with van der Waals surface area (Å²) in [6, 6.07) is 0. The Bertz CT molecular complexity index is 206. The third-order valence-electron chi connectivity index (χ3n) is 2.55. The molecule has 0 amide bonds. The standard InChI is InChI=1S/C10H18O4/c1-4-10(5-2,7-8(11)12)9(13)14-6-3/h4-7H2,1-3H3,(H,11,12). The molecule has 0 aliphatic carbocycles. The van der Waals surface area contributed by atoms with Gasteiger partial charge in [0.15, 0.2) is 0 Å². The molecule has 1 N–H and O–H groups in total. The van der Waals surface area contributed by atoms with E-state index in [1.165, 1.54) is 0 Å². The number of carboxylic acid groups (broad SMARTS) is 1. The minimum Gasteiger partial charge on any atom is -0.481 e. The van der Waals surface area contributed by atoms with Gasteiger partial charge in [-0.05, 0) is 19.8 Å². The van der Waals surface area contributed by atoms with Crippen LogP contribution in [0, 0.1) is 5.41 Å². The first-order valence-electron chi connectivity index (χ1n) is 4.91. The highest BCUT2D eigenvalue weighted by Crippen LogP contribution is 2.32. The van der Waals surface area contributed by atoms with Crippen molar-refractivity contribution in [1.29, 1.82) is 0 Å². The van der Waals surface area contributed by atoms with E-state index < -0.39 is 17.4 Å². The monoisotopic (exact) mass is 202 g/mol. The van der Waals surface area contributed by atoms with E-state index in [0.29, 0.717) is 19.4 Å². The third-order valence-corrected chi connectivity index (χ3v) is 2.55. The lowest BCUT2D eigenvalue weighted by atomic mass is 9.79. The summed E-state index contributed by atoms with van der Waals surface area (Å²) in [7, 11) is 0. The normalized spacial score (nSPS) is 11.1. The number of ether oxygens (including phenoxy) is 1. The summed E-state index contributed by atoms with van der Waals surface area (Å²) in [6.07, 6.45) is 0.835. The van der Waals surface area contributed by atoms with E-state index in [9.17, 15) is 9.59 Å². The molecule has 0 saturated carbocycles. The predicted octanol–water partition coefficient (Wildman–Crippen LogP) is 1.83. The largest absolute Gasteiger partial charge is 0.481 e. The van der Waals surface area contributed by atoms with Crippen molar-refractivity contribution in [3.05, 3.63) is 0 Å². The van der Waals surface area contributed by atoms with Crippen molar-refractivity contribution < 1.29 is 19.4 Å². The van der Waals surface area contributed by atoms with Crippen LogP contribution in [0.2, 0.25) is 0 Å². The molecule has 0 aromatic heterocycles. The van der Waals surface area contributed by atoms with Crippen LogP contribution in [-0.2, 0) is 14.3 Å². The summed E-state index contributed by atoms with van der Waals surface area (Å²) in [5, 5.41) is 8.72. The zero-order valence-electron chi connectivity index (χ0n) is 9.00. The number of carboxylic acids is 1. The fraction of sp³-hybridized carbons (Fsp3) is 0.800. The van der Waals surface area contributed by atoms with Gasteiger partial charge in [-0.15, -0.1) is 0 Å². The van der Waals surface area contributed by atoms with Crippen molar-refractivity contribution >= 4 is 11.9 Å². The van der Waals surface area contributed by atoms with Gasteiger partial charge in [0.25, 0.3) is 0 Å². The molecule has 0 radical (unpaired) electrons. The topological polar surface area (TPSA) is 63.6 Å². The number of carbonyl (C=O) groups is 2. The van der Waals surface area contributed by atoms with Crippen molar-refractivity contribution in [2.24, 2.45) is 5.41 Å². The maximum absolute atomic E-state index is 11.6. The zero-order chi connectivity index (χ0) is 11.2. The van der Waals surface area contributed by atoms with Crippen LogP contribution >= 0.6 is 0 Å². The van der Waals surface area contributed by atoms with Gasteiger partial charge in [0.05, 0.1) is 18.4 Å². The van der Waals surface area contributed by atoms with Gasteiger partial charge in [0.1, 0.15) is 0 Å². The molecule has 0 heterocycles. The average molecular weight is 202 g/mol. The highest BCUT2D eigenvalue weighted by molar-refractivity contribution is 5.82. The second-order valence-corrected chi connectivity index (χ2v) is 3.28. The summed E-state index contributed by atoms with van der Waals surface area (Å²) < 4.78 is 4.89. The number of hydrogen-bond donors (Lipinski definition) is 1. The lowest BCUT2D eigenvalue weighted by Crippen LogP contribution is -2.34. The first-order chi connectivity index (χ1) is 6.52. The van der Waals surface area contributed by atoms with Crippen LogP contribution in [-0.4, -0.2) is 23.7 Å². The number of hydrogen-bond acceptors (Lipinski definition) is 3.